The number of hydrogen-bond donors (Lipinski definition) is 0. The Hall–Kier alpha value is -1.10. The molecule has 0 aliphatic rings. The van der Waals surface area contributed by atoms with Gasteiger partial charge in [0, 0.05) is 24.7 Å². The molecule has 1 aromatic heterocycles. The zero-order valence-electron chi connectivity index (χ0n) is 13.6. The smallest absolute Gasteiger partial charge is 0.228 e. The number of aryl methyl sites for hydroxylation is 1. The van der Waals surface area contributed by atoms with Gasteiger partial charge in [-0.05, 0) is 30.8 Å². The van der Waals surface area contributed by atoms with Crippen molar-refractivity contribution in [2.75, 3.05) is 23.5 Å². The van der Waals surface area contributed by atoms with Gasteiger partial charge in [-0.25, -0.2) is 9.97 Å². The molecule has 118 valence electrons. The molecule has 0 saturated heterocycles. The van der Waals surface area contributed by atoms with Crippen LogP contribution in [0.15, 0.2) is 12.5 Å². The van der Waals surface area contributed by atoms with Gasteiger partial charge in [0.15, 0.2) is 0 Å². The van der Waals surface area contributed by atoms with Gasteiger partial charge in [0.25, 0.3) is 0 Å². The molecule has 0 aliphatic heterocycles. The second kappa shape index (κ2) is 9.77. The quantitative estimate of drug-likeness (QED) is 0.699. The maximum Gasteiger partial charge on any atom is 0.228 e. The zero-order chi connectivity index (χ0) is 15.7. The number of unbranched alkanes of at least 4 members (excludes halogenated alkanes) is 1. The first kappa shape index (κ1) is 18.0. The highest BCUT2D eigenvalue weighted by Gasteiger charge is 2.21. The number of thioether (sulfide) groups is 1. The SMILES string of the molecule is CCCCN(C(=O)CC(C)CSC)c1ncncc1CC. The van der Waals surface area contributed by atoms with Crippen molar-refractivity contribution in [3.63, 3.8) is 0 Å². The van der Waals surface area contributed by atoms with Crippen molar-refractivity contribution < 1.29 is 4.79 Å². The third-order valence-electron chi connectivity index (χ3n) is 3.41. The molecule has 0 radical (unpaired) electrons. The van der Waals surface area contributed by atoms with Gasteiger partial charge < -0.3 is 0 Å². The van der Waals surface area contributed by atoms with Gasteiger partial charge in [-0.15, -0.1) is 0 Å². The summed E-state index contributed by atoms with van der Waals surface area (Å²) in [4.78, 5) is 23.0. The molecule has 4 nitrogen and oxygen atoms in total. The molecule has 0 spiro atoms. The zero-order valence-corrected chi connectivity index (χ0v) is 14.4. The van der Waals surface area contributed by atoms with Gasteiger partial charge >= 0.3 is 0 Å². The van der Waals surface area contributed by atoms with Gasteiger partial charge in [-0.1, -0.05) is 27.2 Å². The third-order valence-corrected chi connectivity index (χ3v) is 4.31. The van der Waals surface area contributed by atoms with E-state index in [2.05, 4.69) is 37.0 Å². The van der Waals surface area contributed by atoms with Crippen molar-refractivity contribution >= 4 is 23.5 Å². The summed E-state index contributed by atoms with van der Waals surface area (Å²) in [5, 5.41) is 0. The number of nitrogens with zero attached hydrogens (tertiary/aromatic N) is 3. The Morgan fingerprint density at radius 1 is 1.43 bits per heavy atom. The Bertz CT molecular complexity index is 439. The Labute approximate surface area is 132 Å². The molecule has 1 aromatic rings. The molecule has 5 heteroatoms. The molecule has 1 unspecified atom stereocenters. The van der Waals surface area contributed by atoms with E-state index in [0.717, 1.165) is 42.9 Å². The lowest BCUT2D eigenvalue weighted by Gasteiger charge is -2.24. The number of carbonyl (C=O) groups excluding carboxylic acids is 1. The molecular formula is C16H27N3OS. The van der Waals surface area contributed by atoms with E-state index < -0.39 is 0 Å². The van der Waals surface area contributed by atoms with Gasteiger partial charge in [0.1, 0.15) is 12.1 Å². The molecular weight excluding hydrogens is 282 g/mol. The van der Waals surface area contributed by atoms with Crippen LogP contribution < -0.4 is 4.90 Å². The van der Waals surface area contributed by atoms with Crippen LogP contribution in [-0.4, -0.2) is 34.4 Å². The van der Waals surface area contributed by atoms with Crippen LogP contribution in [0, 0.1) is 5.92 Å². The molecule has 0 fully saturated rings. The number of amides is 1. The van der Waals surface area contributed by atoms with Crippen LogP contribution >= 0.6 is 11.8 Å². The first-order chi connectivity index (χ1) is 10.1. The Kier molecular flexibility index (Phi) is 8.35. The number of rotatable bonds is 9. The lowest BCUT2D eigenvalue weighted by molar-refractivity contribution is -0.119. The summed E-state index contributed by atoms with van der Waals surface area (Å²) in [5.74, 6) is 2.38. The predicted octanol–water partition coefficient (Wildman–Crippen LogP) is 3.56. The highest BCUT2D eigenvalue weighted by molar-refractivity contribution is 7.98. The number of hydrogen-bond acceptors (Lipinski definition) is 4. The summed E-state index contributed by atoms with van der Waals surface area (Å²) in [5.41, 5.74) is 1.04. The first-order valence-corrected chi connectivity index (χ1v) is 9.11. The standard InChI is InChI=1S/C16H27N3OS/c1-5-7-8-19(15(20)9-13(3)11-21-4)16-14(6-2)10-17-12-18-16/h10,12-13H,5-9,11H2,1-4H3. The molecule has 1 atom stereocenters. The second-order valence-corrected chi connectivity index (χ2v) is 6.30. The maximum atomic E-state index is 12.7. The summed E-state index contributed by atoms with van der Waals surface area (Å²) in [7, 11) is 0. The summed E-state index contributed by atoms with van der Waals surface area (Å²) < 4.78 is 0. The monoisotopic (exact) mass is 309 g/mol. The van der Waals surface area contributed by atoms with Crippen molar-refractivity contribution in [3.8, 4) is 0 Å². The second-order valence-electron chi connectivity index (χ2n) is 5.39. The summed E-state index contributed by atoms with van der Waals surface area (Å²) >= 11 is 1.79. The lowest BCUT2D eigenvalue weighted by Crippen LogP contribution is -2.34. The van der Waals surface area contributed by atoms with Crippen molar-refractivity contribution in [1.29, 1.82) is 0 Å². The van der Waals surface area contributed by atoms with Gasteiger partial charge in [0.2, 0.25) is 5.91 Å². The third kappa shape index (κ3) is 5.65. The number of anilines is 1. The van der Waals surface area contributed by atoms with E-state index in [-0.39, 0.29) is 5.91 Å². The average Bonchev–Trinajstić information content (AvgIpc) is 2.48. The molecule has 0 bridgehead atoms. The minimum atomic E-state index is 0.179. The van der Waals surface area contributed by atoms with Crippen LogP contribution in [0.4, 0.5) is 5.82 Å². The fourth-order valence-corrected chi connectivity index (χ4v) is 2.95. The lowest BCUT2D eigenvalue weighted by atomic mass is 10.1. The van der Waals surface area contributed by atoms with Crippen LogP contribution in [0.2, 0.25) is 0 Å². The summed E-state index contributed by atoms with van der Waals surface area (Å²) in [6.07, 6.45) is 8.91. The topological polar surface area (TPSA) is 46.1 Å². The van der Waals surface area contributed by atoms with E-state index in [0.29, 0.717) is 12.3 Å². The molecule has 1 amide bonds. The van der Waals surface area contributed by atoms with Gasteiger partial charge in [-0.3, -0.25) is 9.69 Å². The Morgan fingerprint density at radius 2 is 2.19 bits per heavy atom. The highest BCUT2D eigenvalue weighted by atomic mass is 32.2. The number of carbonyl (C=O) groups is 1. The van der Waals surface area contributed by atoms with Crippen molar-refractivity contribution in [2.24, 2.45) is 5.92 Å². The van der Waals surface area contributed by atoms with Crippen LogP contribution in [0.5, 0.6) is 0 Å². The minimum absolute atomic E-state index is 0.179. The summed E-state index contributed by atoms with van der Waals surface area (Å²) in [6, 6.07) is 0. The van der Waals surface area contributed by atoms with Gasteiger partial charge in [0.05, 0.1) is 0 Å². The molecule has 0 saturated carbocycles. The minimum Gasteiger partial charge on any atom is -0.296 e. The van der Waals surface area contributed by atoms with Crippen LogP contribution in [-0.2, 0) is 11.2 Å². The number of aromatic nitrogens is 2. The molecule has 0 aromatic carbocycles. The van der Waals surface area contributed by atoms with Crippen molar-refractivity contribution in [2.45, 2.75) is 46.5 Å². The molecule has 0 aliphatic carbocycles. The van der Waals surface area contributed by atoms with E-state index in [1.165, 1.54) is 6.33 Å². The molecule has 21 heavy (non-hydrogen) atoms. The van der Waals surface area contributed by atoms with E-state index in [1.54, 1.807) is 11.8 Å². The van der Waals surface area contributed by atoms with E-state index in [1.807, 2.05) is 11.1 Å². The van der Waals surface area contributed by atoms with Crippen molar-refractivity contribution in [1.82, 2.24) is 9.97 Å². The van der Waals surface area contributed by atoms with Crippen LogP contribution in [0.1, 0.15) is 45.6 Å². The van der Waals surface area contributed by atoms with Crippen LogP contribution in [0.25, 0.3) is 0 Å². The van der Waals surface area contributed by atoms with Crippen molar-refractivity contribution in [3.05, 3.63) is 18.1 Å². The Balaban J connectivity index is 2.91. The molecule has 1 heterocycles. The first-order valence-electron chi connectivity index (χ1n) is 7.72. The maximum absolute atomic E-state index is 12.7. The fraction of sp³-hybridized carbons (Fsp3) is 0.688. The fourth-order valence-electron chi connectivity index (χ4n) is 2.26. The average molecular weight is 309 g/mol. The highest BCUT2D eigenvalue weighted by Crippen LogP contribution is 2.20. The Morgan fingerprint density at radius 3 is 2.81 bits per heavy atom. The van der Waals surface area contributed by atoms with E-state index in [4.69, 9.17) is 0 Å². The van der Waals surface area contributed by atoms with Gasteiger partial charge in [-0.2, -0.15) is 11.8 Å². The van der Waals surface area contributed by atoms with E-state index in [9.17, 15) is 4.79 Å². The van der Waals surface area contributed by atoms with E-state index >= 15 is 0 Å². The molecule has 0 N–H and O–H groups in total. The normalized spacial score (nSPS) is 12.2. The largest absolute Gasteiger partial charge is 0.296 e. The molecule has 1 rings (SSSR count). The van der Waals surface area contributed by atoms with Crippen LogP contribution in [0.3, 0.4) is 0 Å². The predicted molar refractivity (Wildman–Crippen MR) is 90.8 cm³/mol. The summed E-state index contributed by atoms with van der Waals surface area (Å²) in [6.45, 7) is 7.08.